The summed E-state index contributed by atoms with van der Waals surface area (Å²) in [5.41, 5.74) is 0.909. The maximum Gasteiger partial charge on any atom is 0.297 e. The van der Waals surface area contributed by atoms with Gasteiger partial charge in [-0.15, -0.1) is 0 Å². The molecule has 0 heterocycles. The Kier molecular flexibility index (Phi) is 6.71. The van der Waals surface area contributed by atoms with Crippen LogP contribution in [0.5, 0.6) is 0 Å². The highest BCUT2D eigenvalue weighted by Gasteiger charge is 2.17. The van der Waals surface area contributed by atoms with Crippen molar-refractivity contribution in [3.8, 4) is 0 Å². The lowest BCUT2D eigenvalue weighted by Crippen LogP contribution is -2.17. The van der Waals surface area contributed by atoms with Crippen molar-refractivity contribution in [3.63, 3.8) is 0 Å². The Balaban J connectivity index is 1.91. The van der Waals surface area contributed by atoms with Gasteiger partial charge in [0.25, 0.3) is 10.1 Å². The van der Waals surface area contributed by atoms with Crippen molar-refractivity contribution in [2.45, 2.75) is 22.8 Å². The normalized spacial score (nSPS) is 13.8. The molecule has 2 aromatic rings. The van der Waals surface area contributed by atoms with Crippen LogP contribution in [0.25, 0.3) is 0 Å². The highest BCUT2D eigenvalue weighted by Crippen LogP contribution is 2.14. The van der Waals surface area contributed by atoms with Gasteiger partial charge in [-0.1, -0.05) is 48.0 Å². The van der Waals surface area contributed by atoms with Crippen molar-refractivity contribution in [2.75, 3.05) is 12.4 Å². The number of sulfone groups is 1. The van der Waals surface area contributed by atoms with E-state index >= 15 is 0 Å². The topological polar surface area (TPSA) is 97.7 Å². The quantitative estimate of drug-likeness (QED) is 0.542. The number of aliphatic hydroxyl groups is 1. The Hall–Kier alpha value is -2.00. The van der Waals surface area contributed by atoms with Gasteiger partial charge in [-0.25, -0.2) is 8.42 Å². The number of benzene rings is 2. The number of aliphatic hydroxyl groups excluding tert-OH is 1. The van der Waals surface area contributed by atoms with Gasteiger partial charge >= 0.3 is 0 Å². The van der Waals surface area contributed by atoms with Gasteiger partial charge in [0.1, 0.15) is 0 Å². The van der Waals surface area contributed by atoms with E-state index in [0.717, 1.165) is 5.56 Å². The van der Waals surface area contributed by atoms with E-state index in [2.05, 4.69) is 0 Å². The molecule has 0 spiro atoms. The standard InChI is InChI=1S/C18H20O6S2/c1-15-9-11-18(12-10-15)26(22,23)24-14-16(19)6-5-13-25(20,21)17-7-3-2-4-8-17/h2-12,16,19H,13-14H2,1H3/b6-5+. The molecule has 0 bridgehead atoms. The molecule has 0 amide bonds. The molecule has 2 rings (SSSR count). The van der Waals surface area contributed by atoms with Crippen LogP contribution in [0.2, 0.25) is 0 Å². The Morgan fingerprint density at radius 3 is 2.19 bits per heavy atom. The van der Waals surface area contributed by atoms with Gasteiger partial charge in [0.05, 0.1) is 28.3 Å². The van der Waals surface area contributed by atoms with Crippen molar-refractivity contribution in [3.05, 3.63) is 72.3 Å². The number of hydrogen-bond donors (Lipinski definition) is 1. The zero-order valence-corrected chi connectivity index (χ0v) is 15.8. The van der Waals surface area contributed by atoms with Crippen molar-refractivity contribution >= 4 is 20.0 Å². The molecule has 26 heavy (non-hydrogen) atoms. The summed E-state index contributed by atoms with van der Waals surface area (Å²) in [5, 5.41) is 9.80. The van der Waals surface area contributed by atoms with Crippen LogP contribution in [-0.4, -0.2) is 40.4 Å². The van der Waals surface area contributed by atoms with Crippen LogP contribution in [-0.2, 0) is 24.1 Å². The Labute approximate surface area is 153 Å². The third kappa shape index (κ3) is 5.77. The molecule has 0 aliphatic carbocycles. The minimum atomic E-state index is -3.98. The summed E-state index contributed by atoms with van der Waals surface area (Å²) in [7, 11) is -7.48. The molecular weight excluding hydrogens is 376 g/mol. The van der Waals surface area contributed by atoms with Crippen LogP contribution >= 0.6 is 0 Å². The fourth-order valence-electron chi connectivity index (χ4n) is 2.05. The second-order valence-electron chi connectivity index (χ2n) is 5.64. The lowest BCUT2D eigenvalue weighted by atomic mass is 10.2. The van der Waals surface area contributed by atoms with Gasteiger partial charge in [-0.2, -0.15) is 8.42 Å². The second-order valence-corrected chi connectivity index (χ2v) is 9.29. The van der Waals surface area contributed by atoms with Crippen LogP contribution in [0.1, 0.15) is 5.56 Å². The van der Waals surface area contributed by atoms with Crippen LogP contribution in [0.4, 0.5) is 0 Å². The van der Waals surface area contributed by atoms with Crippen LogP contribution in [0.15, 0.2) is 76.5 Å². The van der Waals surface area contributed by atoms with Crippen molar-refractivity contribution < 1.29 is 26.1 Å². The first-order valence-electron chi connectivity index (χ1n) is 7.79. The first-order chi connectivity index (χ1) is 12.2. The van der Waals surface area contributed by atoms with Crippen LogP contribution in [0, 0.1) is 6.92 Å². The third-order valence-corrected chi connectivity index (χ3v) is 6.40. The SMILES string of the molecule is Cc1ccc(S(=O)(=O)OCC(O)/C=C/CS(=O)(=O)c2ccccc2)cc1. The van der Waals surface area contributed by atoms with E-state index in [0.29, 0.717) is 0 Å². The molecule has 8 heteroatoms. The lowest BCUT2D eigenvalue weighted by molar-refractivity contribution is 0.148. The lowest BCUT2D eigenvalue weighted by Gasteiger charge is -2.08. The molecule has 140 valence electrons. The average Bonchev–Trinajstić information content (AvgIpc) is 2.61. The summed E-state index contributed by atoms with van der Waals surface area (Å²) in [6, 6.07) is 14.0. The molecule has 0 aliphatic rings. The predicted molar refractivity (Wildman–Crippen MR) is 98.0 cm³/mol. The number of aryl methyl sites for hydroxylation is 1. The van der Waals surface area contributed by atoms with Crippen LogP contribution < -0.4 is 0 Å². The van der Waals surface area contributed by atoms with Gasteiger partial charge in [-0.05, 0) is 31.2 Å². The van der Waals surface area contributed by atoms with Gasteiger partial charge in [-0.3, -0.25) is 4.18 Å². The maximum atomic E-state index is 12.1. The number of hydrogen-bond acceptors (Lipinski definition) is 6. The van der Waals surface area contributed by atoms with Gasteiger partial charge in [0.15, 0.2) is 9.84 Å². The van der Waals surface area contributed by atoms with Gasteiger partial charge in [0, 0.05) is 0 Å². The molecule has 0 saturated heterocycles. The molecule has 1 unspecified atom stereocenters. The molecule has 6 nitrogen and oxygen atoms in total. The molecule has 0 saturated carbocycles. The second kappa shape index (κ2) is 8.59. The Morgan fingerprint density at radius 1 is 0.962 bits per heavy atom. The van der Waals surface area contributed by atoms with Crippen molar-refractivity contribution in [1.29, 1.82) is 0 Å². The average molecular weight is 396 g/mol. The number of rotatable bonds is 8. The van der Waals surface area contributed by atoms with E-state index in [9.17, 15) is 21.9 Å². The minimum absolute atomic E-state index is 0.00839. The van der Waals surface area contributed by atoms with E-state index in [-0.39, 0.29) is 15.5 Å². The molecule has 1 atom stereocenters. The highest BCUT2D eigenvalue weighted by atomic mass is 32.2. The molecule has 2 aromatic carbocycles. The fraction of sp³-hybridized carbons (Fsp3) is 0.222. The van der Waals surface area contributed by atoms with E-state index in [1.807, 2.05) is 6.92 Å². The van der Waals surface area contributed by atoms with E-state index in [1.165, 1.54) is 36.4 Å². The first-order valence-corrected chi connectivity index (χ1v) is 10.9. The molecule has 0 fully saturated rings. The Bertz CT molecular complexity index is 947. The first kappa shape index (κ1) is 20.3. The molecular formula is C18H20O6S2. The van der Waals surface area contributed by atoms with E-state index < -0.39 is 32.7 Å². The summed E-state index contributed by atoms with van der Waals surface area (Å²) < 4.78 is 53.0. The monoisotopic (exact) mass is 396 g/mol. The van der Waals surface area contributed by atoms with Crippen molar-refractivity contribution in [2.24, 2.45) is 0 Å². The minimum Gasteiger partial charge on any atom is -0.387 e. The fourth-order valence-corrected chi connectivity index (χ4v) is 4.10. The molecule has 0 aliphatic heterocycles. The maximum absolute atomic E-state index is 12.1. The predicted octanol–water partition coefficient (Wildman–Crippen LogP) is 2.09. The summed E-state index contributed by atoms with van der Waals surface area (Å²) in [6.07, 6.45) is 1.22. The largest absolute Gasteiger partial charge is 0.387 e. The zero-order chi connectivity index (χ0) is 19.2. The van der Waals surface area contributed by atoms with Crippen LogP contribution in [0.3, 0.4) is 0 Å². The molecule has 0 aromatic heterocycles. The summed E-state index contributed by atoms with van der Waals surface area (Å²) in [6.45, 7) is 1.33. The molecule has 0 radical (unpaired) electrons. The summed E-state index contributed by atoms with van der Waals surface area (Å²) in [4.78, 5) is 0.170. The van der Waals surface area contributed by atoms with Crippen molar-refractivity contribution in [1.82, 2.24) is 0 Å². The van der Waals surface area contributed by atoms with E-state index in [1.54, 1.807) is 30.3 Å². The molecule has 1 N–H and O–H groups in total. The smallest absolute Gasteiger partial charge is 0.297 e. The highest BCUT2D eigenvalue weighted by molar-refractivity contribution is 7.91. The Morgan fingerprint density at radius 2 is 1.58 bits per heavy atom. The third-order valence-electron chi connectivity index (χ3n) is 3.48. The van der Waals surface area contributed by atoms with E-state index in [4.69, 9.17) is 4.18 Å². The zero-order valence-electron chi connectivity index (χ0n) is 14.1. The van der Waals surface area contributed by atoms with Gasteiger partial charge in [0.2, 0.25) is 0 Å². The summed E-state index contributed by atoms with van der Waals surface area (Å²) >= 11 is 0. The van der Waals surface area contributed by atoms with Gasteiger partial charge < -0.3 is 5.11 Å². The summed E-state index contributed by atoms with van der Waals surface area (Å²) in [5.74, 6) is -0.307.